The van der Waals surface area contributed by atoms with Crippen LogP contribution in [0.15, 0.2) is 36.5 Å². The predicted octanol–water partition coefficient (Wildman–Crippen LogP) is 2.55. The standard InChI is InChI=1S/C12H11BrN2O2/c1-17-12(16)10-6-7-15(14-10)11-5-3-2-4-9(11)8-13/h2-7H,8H2,1H3. The third-order valence-electron chi connectivity index (χ3n) is 2.37. The zero-order valence-electron chi connectivity index (χ0n) is 9.26. The first-order valence-electron chi connectivity index (χ1n) is 5.04. The van der Waals surface area contributed by atoms with Crippen LogP contribution in [-0.4, -0.2) is 22.9 Å². The van der Waals surface area contributed by atoms with Gasteiger partial charge in [0.2, 0.25) is 0 Å². The van der Waals surface area contributed by atoms with E-state index in [1.165, 1.54) is 7.11 Å². The second kappa shape index (κ2) is 5.14. The maximum Gasteiger partial charge on any atom is 0.358 e. The molecule has 0 aliphatic rings. The number of hydrogen-bond donors (Lipinski definition) is 0. The topological polar surface area (TPSA) is 44.1 Å². The highest BCUT2D eigenvalue weighted by molar-refractivity contribution is 9.08. The smallest absolute Gasteiger partial charge is 0.358 e. The Hall–Kier alpha value is -1.62. The van der Waals surface area contributed by atoms with Crippen LogP contribution in [0.5, 0.6) is 0 Å². The lowest BCUT2D eigenvalue weighted by Gasteiger charge is -2.06. The molecule has 1 heterocycles. The first kappa shape index (κ1) is 11.9. The number of methoxy groups -OCH3 is 1. The van der Waals surface area contributed by atoms with Gasteiger partial charge in [-0.05, 0) is 17.7 Å². The Labute approximate surface area is 107 Å². The second-order valence-electron chi connectivity index (χ2n) is 3.40. The van der Waals surface area contributed by atoms with Gasteiger partial charge in [-0.3, -0.25) is 0 Å². The number of halogens is 1. The van der Waals surface area contributed by atoms with E-state index in [1.807, 2.05) is 24.3 Å². The van der Waals surface area contributed by atoms with Crippen LogP contribution in [-0.2, 0) is 10.1 Å². The summed E-state index contributed by atoms with van der Waals surface area (Å²) in [5, 5.41) is 4.91. The molecule has 17 heavy (non-hydrogen) atoms. The van der Waals surface area contributed by atoms with Crippen molar-refractivity contribution in [3.63, 3.8) is 0 Å². The highest BCUT2D eigenvalue weighted by atomic mass is 79.9. The van der Waals surface area contributed by atoms with Crippen LogP contribution in [0.4, 0.5) is 0 Å². The molecule has 4 nitrogen and oxygen atoms in total. The number of carbonyl (C=O) groups is 1. The Morgan fingerprint density at radius 1 is 1.41 bits per heavy atom. The summed E-state index contributed by atoms with van der Waals surface area (Å²) in [5.41, 5.74) is 2.35. The van der Waals surface area contributed by atoms with E-state index in [-0.39, 0.29) is 0 Å². The van der Waals surface area contributed by atoms with E-state index in [1.54, 1.807) is 16.9 Å². The third kappa shape index (κ3) is 2.39. The van der Waals surface area contributed by atoms with Crippen molar-refractivity contribution in [3.8, 4) is 5.69 Å². The molecule has 0 unspecified atom stereocenters. The Balaban J connectivity index is 2.40. The summed E-state index contributed by atoms with van der Waals surface area (Å²) in [6.45, 7) is 0. The van der Waals surface area contributed by atoms with Crippen molar-refractivity contribution in [1.29, 1.82) is 0 Å². The van der Waals surface area contributed by atoms with Gasteiger partial charge in [-0.1, -0.05) is 34.1 Å². The summed E-state index contributed by atoms with van der Waals surface area (Å²) >= 11 is 3.42. The van der Waals surface area contributed by atoms with E-state index in [4.69, 9.17) is 0 Å². The molecule has 0 aliphatic heterocycles. The van der Waals surface area contributed by atoms with Gasteiger partial charge in [-0.25, -0.2) is 9.48 Å². The molecule has 0 N–H and O–H groups in total. The van der Waals surface area contributed by atoms with Gasteiger partial charge < -0.3 is 4.74 Å². The van der Waals surface area contributed by atoms with Crippen LogP contribution in [0.1, 0.15) is 16.1 Å². The zero-order valence-corrected chi connectivity index (χ0v) is 10.8. The molecule has 0 bridgehead atoms. The summed E-state index contributed by atoms with van der Waals surface area (Å²) in [5.74, 6) is -0.430. The quantitative estimate of drug-likeness (QED) is 0.645. The van der Waals surface area contributed by atoms with Crippen molar-refractivity contribution in [2.45, 2.75) is 5.33 Å². The summed E-state index contributed by atoms with van der Waals surface area (Å²) in [6, 6.07) is 9.48. The minimum atomic E-state index is -0.430. The van der Waals surface area contributed by atoms with Gasteiger partial charge in [0.15, 0.2) is 5.69 Å². The molecular weight excluding hydrogens is 284 g/mol. The molecule has 1 aromatic carbocycles. The monoisotopic (exact) mass is 294 g/mol. The largest absolute Gasteiger partial charge is 0.464 e. The summed E-state index contributed by atoms with van der Waals surface area (Å²) in [4.78, 5) is 11.3. The number of ether oxygens (including phenoxy) is 1. The Morgan fingerprint density at radius 2 is 2.18 bits per heavy atom. The van der Waals surface area contributed by atoms with Gasteiger partial charge in [0, 0.05) is 11.5 Å². The minimum Gasteiger partial charge on any atom is -0.464 e. The number of aromatic nitrogens is 2. The Bertz CT molecular complexity index is 537. The van der Waals surface area contributed by atoms with Gasteiger partial charge in [0.25, 0.3) is 0 Å². The zero-order chi connectivity index (χ0) is 12.3. The predicted molar refractivity (Wildman–Crippen MR) is 67.5 cm³/mol. The highest BCUT2D eigenvalue weighted by Gasteiger charge is 2.11. The average molecular weight is 295 g/mol. The fourth-order valence-electron chi connectivity index (χ4n) is 1.52. The molecule has 0 saturated heterocycles. The number of rotatable bonds is 3. The molecule has 0 spiro atoms. The molecule has 0 aliphatic carbocycles. The lowest BCUT2D eigenvalue weighted by molar-refractivity contribution is 0.0593. The van der Waals surface area contributed by atoms with Crippen molar-refractivity contribution in [1.82, 2.24) is 9.78 Å². The van der Waals surface area contributed by atoms with Gasteiger partial charge in [0.1, 0.15) is 0 Å². The van der Waals surface area contributed by atoms with E-state index in [0.29, 0.717) is 5.69 Å². The van der Waals surface area contributed by atoms with Gasteiger partial charge >= 0.3 is 5.97 Å². The Kier molecular flexibility index (Phi) is 3.58. The minimum absolute atomic E-state index is 0.303. The maximum absolute atomic E-state index is 11.3. The SMILES string of the molecule is COC(=O)c1ccn(-c2ccccc2CBr)n1. The molecule has 0 saturated carbocycles. The highest BCUT2D eigenvalue weighted by Crippen LogP contribution is 2.16. The normalized spacial score (nSPS) is 10.2. The van der Waals surface area contributed by atoms with E-state index >= 15 is 0 Å². The molecule has 88 valence electrons. The van der Waals surface area contributed by atoms with Gasteiger partial charge in [0.05, 0.1) is 12.8 Å². The lowest BCUT2D eigenvalue weighted by Crippen LogP contribution is -2.05. The molecule has 5 heteroatoms. The summed E-state index contributed by atoms with van der Waals surface area (Å²) < 4.78 is 6.29. The van der Waals surface area contributed by atoms with Crippen LogP contribution < -0.4 is 0 Å². The molecule has 0 fully saturated rings. The maximum atomic E-state index is 11.3. The number of esters is 1. The number of carbonyl (C=O) groups excluding carboxylic acids is 1. The van der Waals surface area contributed by atoms with Crippen LogP contribution in [0, 0.1) is 0 Å². The number of nitrogens with zero attached hydrogens (tertiary/aromatic N) is 2. The Morgan fingerprint density at radius 3 is 2.88 bits per heavy atom. The molecule has 0 atom stereocenters. The van der Waals surface area contributed by atoms with Crippen molar-refractivity contribution in [2.75, 3.05) is 7.11 Å². The average Bonchev–Trinajstić information content (AvgIpc) is 2.87. The van der Waals surface area contributed by atoms with E-state index in [2.05, 4.69) is 25.8 Å². The number of hydrogen-bond acceptors (Lipinski definition) is 3. The van der Waals surface area contributed by atoms with E-state index in [0.717, 1.165) is 16.6 Å². The molecule has 2 aromatic rings. The molecular formula is C12H11BrN2O2. The second-order valence-corrected chi connectivity index (χ2v) is 3.96. The fourth-order valence-corrected chi connectivity index (χ4v) is 1.99. The first-order valence-corrected chi connectivity index (χ1v) is 6.16. The molecule has 0 radical (unpaired) electrons. The number of alkyl halides is 1. The summed E-state index contributed by atoms with van der Waals surface area (Å²) in [7, 11) is 1.34. The van der Waals surface area contributed by atoms with Gasteiger partial charge in [-0.2, -0.15) is 5.10 Å². The van der Waals surface area contributed by atoms with E-state index in [9.17, 15) is 4.79 Å². The lowest BCUT2D eigenvalue weighted by atomic mass is 10.2. The van der Waals surface area contributed by atoms with Gasteiger partial charge in [-0.15, -0.1) is 0 Å². The number of para-hydroxylation sites is 1. The summed E-state index contributed by atoms with van der Waals surface area (Å²) in [6.07, 6.45) is 1.74. The van der Waals surface area contributed by atoms with Crippen molar-refractivity contribution in [2.24, 2.45) is 0 Å². The van der Waals surface area contributed by atoms with Crippen molar-refractivity contribution in [3.05, 3.63) is 47.8 Å². The molecule has 2 rings (SSSR count). The molecule has 0 amide bonds. The van der Waals surface area contributed by atoms with Crippen LogP contribution in [0.25, 0.3) is 5.69 Å². The first-order chi connectivity index (χ1) is 8.26. The fraction of sp³-hybridized carbons (Fsp3) is 0.167. The van der Waals surface area contributed by atoms with Crippen LogP contribution in [0.2, 0.25) is 0 Å². The van der Waals surface area contributed by atoms with Crippen LogP contribution in [0.3, 0.4) is 0 Å². The van der Waals surface area contributed by atoms with Crippen molar-refractivity contribution < 1.29 is 9.53 Å². The number of benzene rings is 1. The van der Waals surface area contributed by atoms with Crippen LogP contribution >= 0.6 is 15.9 Å². The van der Waals surface area contributed by atoms with Crippen molar-refractivity contribution >= 4 is 21.9 Å². The van der Waals surface area contributed by atoms with E-state index < -0.39 is 5.97 Å². The third-order valence-corrected chi connectivity index (χ3v) is 2.97. The molecule has 1 aromatic heterocycles.